The monoisotopic (exact) mass is 185 g/mol. The van der Waals surface area contributed by atoms with Crippen molar-refractivity contribution in [3.8, 4) is 0 Å². The van der Waals surface area contributed by atoms with Gasteiger partial charge in [0.05, 0.1) is 12.6 Å². The summed E-state index contributed by atoms with van der Waals surface area (Å²) >= 11 is 1.39. The Hall–Kier alpha value is -0.680. The highest BCUT2D eigenvalue weighted by molar-refractivity contribution is 7.09. The highest BCUT2D eigenvalue weighted by Crippen LogP contribution is 2.25. The average molecular weight is 185 g/mol. The van der Waals surface area contributed by atoms with Crippen molar-refractivity contribution in [2.45, 2.75) is 18.9 Å². The standard InChI is InChI=1S/C7H11N3OS/c11-4-6-2-1-3-10(6)7-8-5-9-12-7/h5-6,11H,1-4H2/t6-/m1/s1. The molecule has 0 bridgehead atoms. The molecule has 0 aliphatic carbocycles. The van der Waals surface area contributed by atoms with Crippen LogP contribution in [0.4, 0.5) is 5.13 Å². The molecule has 12 heavy (non-hydrogen) atoms. The van der Waals surface area contributed by atoms with E-state index in [1.54, 1.807) is 6.33 Å². The maximum absolute atomic E-state index is 9.05. The Morgan fingerprint density at radius 1 is 1.75 bits per heavy atom. The van der Waals surface area contributed by atoms with Gasteiger partial charge in [-0.2, -0.15) is 4.37 Å². The first-order chi connectivity index (χ1) is 5.92. The SMILES string of the molecule is OC[C@H]1CCCN1c1ncns1. The Kier molecular flexibility index (Phi) is 2.23. The first-order valence-electron chi connectivity index (χ1n) is 4.06. The van der Waals surface area contributed by atoms with E-state index < -0.39 is 0 Å². The molecule has 0 radical (unpaired) electrons. The lowest BCUT2D eigenvalue weighted by Gasteiger charge is -2.20. The number of hydrogen-bond donors (Lipinski definition) is 1. The van der Waals surface area contributed by atoms with Crippen molar-refractivity contribution in [1.29, 1.82) is 0 Å². The molecule has 0 amide bonds. The summed E-state index contributed by atoms with van der Waals surface area (Å²) < 4.78 is 3.94. The third-order valence-electron chi connectivity index (χ3n) is 2.18. The van der Waals surface area contributed by atoms with Gasteiger partial charge in [0.25, 0.3) is 0 Å². The van der Waals surface area contributed by atoms with Crippen LogP contribution in [-0.2, 0) is 0 Å². The lowest BCUT2D eigenvalue weighted by molar-refractivity contribution is 0.266. The predicted molar refractivity (Wildman–Crippen MR) is 47.4 cm³/mol. The number of aliphatic hydroxyl groups excluding tert-OH is 1. The van der Waals surface area contributed by atoms with Gasteiger partial charge in [-0.05, 0) is 12.8 Å². The molecule has 1 aromatic heterocycles. The fourth-order valence-corrected chi connectivity index (χ4v) is 2.20. The molecular formula is C7H11N3OS. The van der Waals surface area contributed by atoms with E-state index in [-0.39, 0.29) is 12.6 Å². The second kappa shape index (κ2) is 3.37. The van der Waals surface area contributed by atoms with Gasteiger partial charge in [0.1, 0.15) is 6.33 Å². The molecule has 1 aliphatic rings. The van der Waals surface area contributed by atoms with Gasteiger partial charge < -0.3 is 10.0 Å². The predicted octanol–water partition coefficient (Wildman–Crippen LogP) is 0.499. The molecule has 1 atom stereocenters. The molecule has 1 aromatic rings. The van der Waals surface area contributed by atoms with Crippen molar-refractivity contribution in [2.24, 2.45) is 0 Å². The van der Waals surface area contributed by atoms with Gasteiger partial charge in [-0.3, -0.25) is 0 Å². The van der Waals surface area contributed by atoms with Gasteiger partial charge >= 0.3 is 0 Å². The quantitative estimate of drug-likeness (QED) is 0.729. The fraction of sp³-hybridized carbons (Fsp3) is 0.714. The fourth-order valence-electron chi connectivity index (χ4n) is 1.57. The Labute approximate surface area is 75.0 Å². The molecule has 1 aliphatic heterocycles. The second-order valence-corrected chi connectivity index (χ2v) is 3.65. The number of aromatic nitrogens is 2. The largest absolute Gasteiger partial charge is 0.394 e. The van der Waals surface area contributed by atoms with Crippen LogP contribution in [0.5, 0.6) is 0 Å². The molecule has 66 valence electrons. The average Bonchev–Trinajstić information content (AvgIpc) is 2.74. The molecule has 2 heterocycles. The summed E-state index contributed by atoms with van der Waals surface area (Å²) in [6.45, 7) is 1.22. The number of hydrogen-bond acceptors (Lipinski definition) is 5. The van der Waals surface area contributed by atoms with Crippen molar-refractivity contribution in [2.75, 3.05) is 18.1 Å². The van der Waals surface area contributed by atoms with Gasteiger partial charge in [0, 0.05) is 18.1 Å². The van der Waals surface area contributed by atoms with Gasteiger partial charge in [0.15, 0.2) is 0 Å². The van der Waals surface area contributed by atoms with Crippen LogP contribution in [0, 0.1) is 0 Å². The Morgan fingerprint density at radius 3 is 3.33 bits per heavy atom. The molecule has 0 aromatic carbocycles. The van der Waals surface area contributed by atoms with E-state index in [9.17, 15) is 0 Å². The van der Waals surface area contributed by atoms with E-state index in [0.29, 0.717) is 0 Å². The summed E-state index contributed by atoms with van der Waals surface area (Å²) in [7, 11) is 0. The highest BCUT2D eigenvalue weighted by atomic mass is 32.1. The second-order valence-electron chi connectivity index (χ2n) is 2.90. The van der Waals surface area contributed by atoms with E-state index in [4.69, 9.17) is 5.11 Å². The molecule has 4 nitrogen and oxygen atoms in total. The van der Waals surface area contributed by atoms with Crippen LogP contribution in [0.15, 0.2) is 6.33 Å². The van der Waals surface area contributed by atoms with Crippen molar-refractivity contribution < 1.29 is 5.11 Å². The van der Waals surface area contributed by atoms with Gasteiger partial charge in [-0.15, -0.1) is 0 Å². The van der Waals surface area contributed by atoms with Crippen molar-refractivity contribution in [3.05, 3.63) is 6.33 Å². The van der Waals surface area contributed by atoms with Crippen LogP contribution >= 0.6 is 11.5 Å². The smallest absolute Gasteiger partial charge is 0.205 e. The minimum absolute atomic E-state index is 0.222. The van der Waals surface area contributed by atoms with E-state index >= 15 is 0 Å². The molecule has 0 saturated carbocycles. The van der Waals surface area contributed by atoms with Gasteiger partial charge in [-0.1, -0.05) is 0 Å². The van der Waals surface area contributed by atoms with Crippen LogP contribution in [0.2, 0.25) is 0 Å². The molecule has 1 saturated heterocycles. The van der Waals surface area contributed by atoms with Gasteiger partial charge in [0.2, 0.25) is 5.13 Å². The maximum atomic E-state index is 9.05. The first kappa shape index (κ1) is 7.94. The Bertz CT molecular complexity index is 239. The van der Waals surface area contributed by atoms with Crippen LogP contribution in [0.3, 0.4) is 0 Å². The normalized spacial score (nSPS) is 23.4. The maximum Gasteiger partial charge on any atom is 0.205 e. The van der Waals surface area contributed by atoms with Crippen LogP contribution < -0.4 is 4.90 Å². The topological polar surface area (TPSA) is 49.2 Å². The molecule has 1 fully saturated rings. The third-order valence-corrected chi connectivity index (χ3v) is 2.89. The zero-order valence-corrected chi connectivity index (χ0v) is 7.50. The molecule has 5 heteroatoms. The molecule has 1 N–H and O–H groups in total. The summed E-state index contributed by atoms with van der Waals surface area (Å²) in [5.74, 6) is 0. The summed E-state index contributed by atoms with van der Waals surface area (Å²) in [5.41, 5.74) is 0. The van der Waals surface area contributed by atoms with Crippen LogP contribution in [0.1, 0.15) is 12.8 Å². The third kappa shape index (κ3) is 1.30. The van der Waals surface area contributed by atoms with Crippen LogP contribution in [0.25, 0.3) is 0 Å². The van der Waals surface area contributed by atoms with Crippen molar-refractivity contribution in [1.82, 2.24) is 9.36 Å². The van der Waals surface area contributed by atoms with Crippen LogP contribution in [-0.4, -0.2) is 33.7 Å². The van der Waals surface area contributed by atoms with Gasteiger partial charge in [-0.25, -0.2) is 4.98 Å². The molecule has 0 spiro atoms. The Morgan fingerprint density at radius 2 is 2.67 bits per heavy atom. The number of aliphatic hydroxyl groups is 1. The van der Waals surface area contributed by atoms with Crippen molar-refractivity contribution in [3.63, 3.8) is 0 Å². The highest BCUT2D eigenvalue weighted by Gasteiger charge is 2.25. The summed E-state index contributed by atoms with van der Waals surface area (Å²) in [5, 5.41) is 9.99. The molecule has 2 rings (SSSR count). The lowest BCUT2D eigenvalue weighted by atomic mass is 10.2. The zero-order chi connectivity index (χ0) is 8.39. The molecular weight excluding hydrogens is 174 g/mol. The summed E-state index contributed by atoms with van der Waals surface area (Å²) in [4.78, 5) is 6.26. The number of anilines is 1. The van der Waals surface area contributed by atoms with E-state index in [2.05, 4.69) is 14.3 Å². The van der Waals surface area contributed by atoms with E-state index in [0.717, 1.165) is 24.5 Å². The van der Waals surface area contributed by atoms with E-state index in [1.165, 1.54) is 11.5 Å². The minimum Gasteiger partial charge on any atom is -0.394 e. The van der Waals surface area contributed by atoms with E-state index in [1.807, 2.05) is 0 Å². The minimum atomic E-state index is 0.222. The first-order valence-corrected chi connectivity index (χ1v) is 4.83. The lowest BCUT2D eigenvalue weighted by Crippen LogP contribution is -2.31. The molecule has 0 unspecified atom stereocenters. The summed E-state index contributed by atoms with van der Waals surface area (Å²) in [6.07, 6.45) is 3.77. The zero-order valence-electron chi connectivity index (χ0n) is 6.68. The summed E-state index contributed by atoms with van der Waals surface area (Å²) in [6, 6.07) is 0.262. The van der Waals surface area contributed by atoms with Crippen molar-refractivity contribution >= 4 is 16.7 Å². The Balaban J connectivity index is 2.13. The number of nitrogens with zero attached hydrogens (tertiary/aromatic N) is 3. The number of rotatable bonds is 2.